The van der Waals surface area contributed by atoms with Crippen LogP contribution in [0, 0.1) is 0 Å². The van der Waals surface area contributed by atoms with Crippen LogP contribution in [0.1, 0.15) is 6.92 Å². The number of hydrogen-bond donors (Lipinski definition) is 0. The molecule has 0 radical (unpaired) electrons. The van der Waals surface area contributed by atoms with Gasteiger partial charge in [-0.15, -0.1) is 0 Å². The lowest BCUT2D eigenvalue weighted by Gasteiger charge is -2.34. The second-order valence-corrected chi connectivity index (χ2v) is 8.30. The largest absolute Gasteiger partial charge is 0.492 e. The second kappa shape index (κ2) is 7.67. The Balaban J connectivity index is 1.80. The van der Waals surface area contributed by atoms with E-state index in [1.54, 1.807) is 36.8 Å². The molecular weight excluding hydrogens is 408 g/mol. The molecule has 0 N–H and O–H groups in total. The van der Waals surface area contributed by atoms with Gasteiger partial charge in [-0.05, 0) is 25.1 Å². The molecule has 1 fully saturated rings. The number of halogens is 1. The molecule has 1 aromatic carbocycles. The Labute approximate surface area is 155 Å². The molecule has 3 rings (SSSR count). The van der Waals surface area contributed by atoms with Gasteiger partial charge in [0.05, 0.1) is 12.8 Å². The van der Waals surface area contributed by atoms with E-state index >= 15 is 0 Å². The maximum atomic E-state index is 13.1. The highest BCUT2D eigenvalue weighted by Gasteiger charge is 2.31. The number of benzene rings is 1. The average molecular weight is 427 g/mol. The van der Waals surface area contributed by atoms with E-state index in [2.05, 4.69) is 25.9 Å². The summed E-state index contributed by atoms with van der Waals surface area (Å²) in [6.07, 6.45) is 4.94. The highest BCUT2D eigenvalue weighted by atomic mass is 79.9. The number of sulfonamides is 1. The average Bonchev–Trinajstić information content (AvgIpc) is 2.64. The summed E-state index contributed by atoms with van der Waals surface area (Å²) in [5, 5.41) is 0. The van der Waals surface area contributed by atoms with Crippen molar-refractivity contribution in [2.75, 3.05) is 37.7 Å². The van der Waals surface area contributed by atoms with E-state index in [-0.39, 0.29) is 4.90 Å². The highest BCUT2D eigenvalue weighted by molar-refractivity contribution is 9.10. The van der Waals surface area contributed by atoms with Crippen molar-refractivity contribution in [1.29, 1.82) is 0 Å². The van der Waals surface area contributed by atoms with Crippen LogP contribution in [0.3, 0.4) is 0 Å². The molecule has 0 aliphatic carbocycles. The van der Waals surface area contributed by atoms with Gasteiger partial charge in [-0.3, -0.25) is 4.98 Å². The number of rotatable bonds is 5. The van der Waals surface area contributed by atoms with Crippen molar-refractivity contribution in [2.45, 2.75) is 11.8 Å². The fraction of sp³-hybridized carbons (Fsp3) is 0.375. The molecule has 0 unspecified atom stereocenters. The molecule has 0 bridgehead atoms. The standard InChI is InChI=1S/C16H19BrN4O3S/c1-2-24-14-4-3-13(17)11-15(14)25(22,23)21-9-7-20(8-10-21)16-12-18-5-6-19-16/h3-6,11-12H,2,7-10H2,1H3. The van der Waals surface area contributed by atoms with E-state index in [1.807, 2.05) is 11.8 Å². The molecule has 25 heavy (non-hydrogen) atoms. The van der Waals surface area contributed by atoms with Crippen LogP contribution in [0.4, 0.5) is 5.82 Å². The lowest BCUT2D eigenvalue weighted by Crippen LogP contribution is -2.49. The van der Waals surface area contributed by atoms with Crippen LogP contribution in [0.5, 0.6) is 5.75 Å². The normalized spacial score (nSPS) is 16.0. The Morgan fingerprint density at radius 2 is 1.96 bits per heavy atom. The van der Waals surface area contributed by atoms with E-state index in [4.69, 9.17) is 4.74 Å². The monoisotopic (exact) mass is 426 g/mol. The van der Waals surface area contributed by atoms with Gasteiger partial charge in [0, 0.05) is 43.0 Å². The summed E-state index contributed by atoms with van der Waals surface area (Å²) in [5.74, 6) is 1.14. The third-order valence-corrected chi connectivity index (χ3v) is 6.35. The zero-order valence-corrected chi connectivity index (χ0v) is 16.2. The Morgan fingerprint density at radius 3 is 2.60 bits per heavy atom. The van der Waals surface area contributed by atoms with Crippen LogP contribution in [0.25, 0.3) is 0 Å². The minimum atomic E-state index is -3.63. The third-order valence-electron chi connectivity index (χ3n) is 3.94. The third kappa shape index (κ3) is 3.94. The molecule has 9 heteroatoms. The molecule has 134 valence electrons. The summed E-state index contributed by atoms with van der Waals surface area (Å²) in [5.41, 5.74) is 0. The molecule has 1 saturated heterocycles. The molecule has 0 saturated carbocycles. The number of aromatic nitrogens is 2. The molecule has 2 aromatic rings. The van der Waals surface area contributed by atoms with E-state index in [9.17, 15) is 8.42 Å². The van der Waals surface area contributed by atoms with Crippen molar-refractivity contribution >= 4 is 31.8 Å². The summed E-state index contributed by atoms with van der Waals surface area (Å²) in [4.78, 5) is 10.5. The molecule has 0 atom stereocenters. The number of ether oxygens (including phenoxy) is 1. The van der Waals surface area contributed by atoms with Gasteiger partial charge in [-0.25, -0.2) is 13.4 Å². The smallest absolute Gasteiger partial charge is 0.246 e. The second-order valence-electron chi connectivity index (χ2n) is 5.48. The fourth-order valence-corrected chi connectivity index (χ4v) is 4.80. The summed E-state index contributed by atoms with van der Waals surface area (Å²) in [6.45, 7) is 4.14. The number of piperazine rings is 1. The maximum absolute atomic E-state index is 13.1. The van der Waals surface area contributed by atoms with Crippen molar-refractivity contribution in [3.8, 4) is 5.75 Å². The van der Waals surface area contributed by atoms with Crippen molar-refractivity contribution < 1.29 is 13.2 Å². The number of anilines is 1. The van der Waals surface area contributed by atoms with Gasteiger partial charge in [0.25, 0.3) is 0 Å². The maximum Gasteiger partial charge on any atom is 0.246 e. The van der Waals surface area contributed by atoms with Crippen molar-refractivity contribution in [3.63, 3.8) is 0 Å². The molecule has 0 amide bonds. The highest BCUT2D eigenvalue weighted by Crippen LogP contribution is 2.30. The van der Waals surface area contributed by atoms with E-state index in [1.165, 1.54) is 4.31 Å². The Morgan fingerprint density at radius 1 is 1.20 bits per heavy atom. The molecular formula is C16H19BrN4O3S. The minimum absolute atomic E-state index is 0.191. The van der Waals surface area contributed by atoms with Crippen molar-refractivity contribution in [1.82, 2.24) is 14.3 Å². The van der Waals surface area contributed by atoms with Crippen LogP contribution in [-0.2, 0) is 10.0 Å². The topological polar surface area (TPSA) is 75.6 Å². The zero-order chi connectivity index (χ0) is 17.9. The minimum Gasteiger partial charge on any atom is -0.492 e. The van der Waals surface area contributed by atoms with E-state index < -0.39 is 10.0 Å². The molecule has 7 nitrogen and oxygen atoms in total. The molecule has 1 aromatic heterocycles. The van der Waals surface area contributed by atoms with Gasteiger partial charge < -0.3 is 9.64 Å². The van der Waals surface area contributed by atoms with Crippen molar-refractivity contribution in [3.05, 3.63) is 41.3 Å². The first-order valence-electron chi connectivity index (χ1n) is 7.96. The van der Waals surface area contributed by atoms with Crippen LogP contribution in [0.15, 0.2) is 46.2 Å². The van der Waals surface area contributed by atoms with Crippen LogP contribution in [-0.4, -0.2) is 55.5 Å². The van der Waals surface area contributed by atoms with Gasteiger partial charge >= 0.3 is 0 Å². The first-order chi connectivity index (χ1) is 12.0. The predicted octanol–water partition coefficient (Wildman–Crippen LogP) is 2.15. The van der Waals surface area contributed by atoms with Crippen LogP contribution >= 0.6 is 15.9 Å². The first kappa shape index (κ1) is 18.1. The summed E-state index contributed by atoms with van der Waals surface area (Å²) < 4.78 is 33.8. The van der Waals surface area contributed by atoms with Gasteiger partial charge in [0.2, 0.25) is 10.0 Å². The van der Waals surface area contributed by atoms with Gasteiger partial charge in [-0.2, -0.15) is 4.31 Å². The molecule has 1 aliphatic heterocycles. The van der Waals surface area contributed by atoms with E-state index in [0.717, 1.165) is 5.82 Å². The van der Waals surface area contributed by atoms with E-state index in [0.29, 0.717) is 43.0 Å². The quantitative estimate of drug-likeness (QED) is 0.728. The Bertz CT molecular complexity index is 825. The molecule has 0 spiro atoms. The lowest BCUT2D eigenvalue weighted by atomic mass is 10.3. The first-order valence-corrected chi connectivity index (χ1v) is 10.2. The Kier molecular flexibility index (Phi) is 5.55. The Hall–Kier alpha value is -1.71. The zero-order valence-electron chi connectivity index (χ0n) is 13.8. The van der Waals surface area contributed by atoms with Crippen molar-refractivity contribution in [2.24, 2.45) is 0 Å². The number of nitrogens with zero attached hydrogens (tertiary/aromatic N) is 4. The lowest BCUT2D eigenvalue weighted by molar-refractivity contribution is 0.327. The van der Waals surface area contributed by atoms with Gasteiger partial charge in [0.1, 0.15) is 16.5 Å². The molecule has 2 heterocycles. The predicted molar refractivity (Wildman–Crippen MR) is 98.3 cm³/mol. The van der Waals surface area contributed by atoms with Gasteiger partial charge in [0.15, 0.2) is 0 Å². The van der Waals surface area contributed by atoms with Crippen LogP contribution in [0.2, 0.25) is 0 Å². The SMILES string of the molecule is CCOc1ccc(Br)cc1S(=O)(=O)N1CCN(c2cnccn2)CC1. The number of hydrogen-bond acceptors (Lipinski definition) is 6. The summed E-state index contributed by atoms with van der Waals surface area (Å²) in [7, 11) is -3.63. The van der Waals surface area contributed by atoms with Crippen LogP contribution < -0.4 is 9.64 Å². The fourth-order valence-electron chi connectivity index (χ4n) is 2.71. The summed E-state index contributed by atoms with van der Waals surface area (Å²) in [6, 6.07) is 5.04. The molecule has 1 aliphatic rings. The summed E-state index contributed by atoms with van der Waals surface area (Å²) >= 11 is 3.34. The van der Waals surface area contributed by atoms with Gasteiger partial charge in [-0.1, -0.05) is 15.9 Å².